The van der Waals surface area contributed by atoms with Crippen LogP contribution in [0.2, 0.25) is 0 Å². The molecular formula is C12H16O5V. The van der Waals surface area contributed by atoms with Crippen molar-refractivity contribution in [2.75, 3.05) is 0 Å². The van der Waals surface area contributed by atoms with Gasteiger partial charge in [0.1, 0.15) is 23.8 Å². The molecule has 6 heteroatoms. The summed E-state index contributed by atoms with van der Waals surface area (Å²) in [5, 5.41) is 0. The molecule has 0 aromatic rings. The quantitative estimate of drug-likeness (QED) is 0.746. The van der Waals surface area contributed by atoms with Crippen LogP contribution in [0.4, 0.5) is 0 Å². The third-order valence-corrected chi connectivity index (χ3v) is 3.07. The van der Waals surface area contributed by atoms with E-state index in [1.165, 1.54) is 27.7 Å². The van der Waals surface area contributed by atoms with E-state index >= 15 is 0 Å². The van der Waals surface area contributed by atoms with E-state index in [0.29, 0.717) is 0 Å². The summed E-state index contributed by atoms with van der Waals surface area (Å²) in [4.78, 5) is 45.9. The molecule has 0 bridgehead atoms. The van der Waals surface area contributed by atoms with Crippen molar-refractivity contribution >= 4 is 23.1 Å². The first-order valence-electron chi connectivity index (χ1n) is 5.44. The van der Waals surface area contributed by atoms with Crippen LogP contribution in [0.3, 0.4) is 0 Å². The third-order valence-electron chi connectivity index (χ3n) is 3.07. The van der Waals surface area contributed by atoms with Gasteiger partial charge in [-0.3, -0.25) is 19.2 Å². The summed E-state index contributed by atoms with van der Waals surface area (Å²) in [6.07, 6.45) is -1.95. The molecule has 1 radical (unpaired) electrons. The zero-order valence-corrected chi connectivity index (χ0v) is 12.2. The minimum atomic E-state index is -0.977. The van der Waals surface area contributed by atoms with E-state index in [-0.39, 0.29) is 41.7 Å². The standard InChI is InChI=1S/C12H16O5.V/c1-5(13)9-10(6(2)14)12(8(4)16)17-11(9)7(3)15;/h9-12H,1-4H3;. The SMILES string of the molecule is CC(=O)C1OC(C(C)=O)C(C(C)=O)C1C(C)=O.[V]. The third kappa shape index (κ3) is 3.16. The molecule has 1 saturated heterocycles. The number of carbonyl (C=O) groups excluding carboxylic acids is 4. The molecule has 0 amide bonds. The van der Waals surface area contributed by atoms with Gasteiger partial charge in [-0.2, -0.15) is 0 Å². The van der Waals surface area contributed by atoms with Crippen molar-refractivity contribution < 1.29 is 42.5 Å². The van der Waals surface area contributed by atoms with Gasteiger partial charge in [0, 0.05) is 18.6 Å². The van der Waals surface area contributed by atoms with Crippen LogP contribution in [-0.4, -0.2) is 35.3 Å². The number of Topliss-reactive ketones (excluding diaryl/α,β-unsaturated/α-hetero) is 4. The number of hydrogen-bond acceptors (Lipinski definition) is 5. The first-order valence-corrected chi connectivity index (χ1v) is 5.44. The van der Waals surface area contributed by atoms with E-state index in [1.807, 2.05) is 0 Å². The fraction of sp³-hybridized carbons (Fsp3) is 0.667. The molecule has 0 aromatic carbocycles. The molecule has 0 saturated carbocycles. The normalized spacial score (nSPS) is 30.4. The molecule has 4 unspecified atom stereocenters. The first-order chi connectivity index (χ1) is 7.77. The summed E-state index contributed by atoms with van der Waals surface area (Å²) in [7, 11) is 0. The molecule has 1 rings (SSSR count). The van der Waals surface area contributed by atoms with Gasteiger partial charge in [-0.15, -0.1) is 0 Å². The second-order valence-electron chi connectivity index (χ2n) is 4.47. The van der Waals surface area contributed by atoms with E-state index in [2.05, 4.69) is 0 Å². The average Bonchev–Trinajstić information content (AvgIpc) is 2.56. The van der Waals surface area contributed by atoms with Gasteiger partial charge in [-0.25, -0.2) is 0 Å². The van der Waals surface area contributed by atoms with Gasteiger partial charge >= 0.3 is 0 Å². The molecule has 99 valence electrons. The monoisotopic (exact) mass is 291 g/mol. The Balaban J connectivity index is 0.00000289. The maximum Gasteiger partial charge on any atom is 0.159 e. The van der Waals surface area contributed by atoms with Gasteiger partial charge < -0.3 is 4.74 Å². The van der Waals surface area contributed by atoms with E-state index < -0.39 is 24.0 Å². The van der Waals surface area contributed by atoms with Crippen molar-refractivity contribution in [1.82, 2.24) is 0 Å². The molecule has 5 nitrogen and oxygen atoms in total. The summed E-state index contributed by atoms with van der Waals surface area (Å²) >= 11 is 0. The van der Waals surface area contributed by atoms with Crippen molar-refractivity contribution in [3.8, 4) is 0 Å². The Bertz CT molecular complexity index is 354. The molecule has 0 aromatic heterocycles. The minimum Gasteiger partial charge on any atom is -0.358 e. The molecule has 0 spiro atoms. The van der Waals surface area contributed by atoms with Crippen molar-refractivity contribution in [3.63, 3.8) is 0 Å². The molecule has 0 N–H and O–H groups in total. The molecule has 18 heavy (non-hydrogen) atoms. The van der Waals surface area contributed by atoms with Crippen LogP contribution in [0.25, 0.3) is 0 Å². The van der Waals surface area contributed by atoms with E-state index in [0.717, 1.165) is 0 Å². The van der Waals surface area contributed by atoms with Crippen LogP contribution in [0.1, 0.15) is 27.7 Å². The molecule has 1 fully saturated rings. The average molecular weight is 291 g/mol. The molecule has 1 aliphatic heterocycles. The smallest absolute Gasteiger partial charge is 0.159 e. The maximum absolute atomic E-state index is 11.5. The van der Waals surface area contributed by atoms with Crippen LogP contribution in [0, 0.1) is 11.8 Å². The van der Waals surface area contributed by atoms with Crippen molar-refractivity contribution in [2.45, 2.75) is 39.9 Å². The number of ether oxygens (including phenoxy) is 1. The summed E-state index contributed by atoms with van der Waals surface area (Å²) in [5.74, 6) is -2.93. The summed E-state index contributed by atoms with van der Waals surface area (Å²) < 4.78 is 5.29. The second-order valence-corrected chi connectivity index (χ2v) is 4.47. The van der Waals surface area contributed by atoms with Crippen molar-refractivity contribution in [1.29, 1.82) is 0 Å². The van der Waals surface area contributed by atoms with Gasteiger partial charge in [-0.1, -0.05) is 0 Å². The Kier molecular flexibility index (Phi) is 6.13. The Morgan fingerprint density at radius 1 is 0.667 bits per heavy atom. The van der Waals surface area contributed by atoms with E-state index in [4.69, 9.17) is 4.74 Å². The van der Waals surface area contributed by atoms with Gasteiger partial charge in [0.25, 0.3) is 0 Å². The maximum atomic E-state index is 11.5. The number of carbonyl (C=O) groups is 4. The van der Waals surface area contributed by atoms with Crippen LogP contribution < -0.4 is 0 Å². The van der Waals surface area contributed by atoms with Crippen LogP contribution >= 0.6 is 0 Å². The second kappa shape index (κ2) is 6.41. The molecule has 1 aliphatic rings. The Morgan fingerprint density at radius 2 is 0.944 bits per heavy atom. The zero-order valence-electron chi connectivity index (χ0n) is 10.8. The zero-order chi connectivity index (χ0) is 13.3. The number of rotatable bonds is 4. The van der Waals surface area contributed by atoms with Gasteiger partial charge in [0.05, 0.1) is 11.8 Å². The number of ketones is 4. The van der Waals surface area contributed by atoms with Crippen LogP contribution in [0.15, 0.2) is 0 Å². The predicted molar refractivity (Wildman–Crippen MR) is 58.4 cm³/mol. The van der Waals surface area contributed by atoms with Gasteiger partial charge in [0.2, 0.25) is 0 Å². The topological polar surface area (TPSA) is 77.5 Å². The van der Waals surface area contributed by atoms with Crippen molar-refractivity contribution in [2.24, 2.45) is 11.8 Å². The molecule has 0 aliphatic carbocycles. The minimum absolute atomic E-state index is 0. The van der Waals surface area contributed by atoms with E-state index in [9.17, 15) is 19.2 Å². The fourth-order valence-corrected chi connectivity index (χ4v) is 2.33. The first kappa shape index (κ1) is 17.2. The van der Waals surface area contributed by atoms with Crippen LogP contribution in [-0.2, 0) is 42.5 Å². The van der Waals surface area contributed by atoms with Crippen molar-refractivity contribution in [3.05, 3.63) is 0 Å². The number of hydrogen-bond donors (Lipinski definition) is 0. The van der Waals surface area contributed by atoms with Gasteiger partial charge in [-0.05, 0) is 27.7 Å². The van der Waals surface area contributed by atoms with Crippen LogP contribution in [0.5, 0.6) is 0 Å². The molecule has 4 atom stereocenters. The molecule has 1 heterocycles. The summed E-state index contributed by atoms with van der Waals surface area (Å²) in [6, 6.07) is 0. The molecular weight excluding hydrogens is 275 g/mol. The summed E-state index contributed by atoms with van der Waals surface area (Å²) in [5.41, 5.74) is 0. The predicted octanol–water partition coefficient (Wildman–Crippen LogP) is 0.340. The van der Waals surface area contributed by atoms with Gasteiger partial charge in [0.15, 0.2) is 11.6 Å². The Labute approximate surface area is 118 Å². The Hall–Kier alpha value is -0.776. The Morgan fingerprint density at radius 3 is 1.11 bits per heavy atom. The largest absolute Gasteiger partial charge is 0.358 e. The fourth-order valence-electron chi connectivity index (χ4n) is 2.33. The summed E-state index contributed by atoms with van der Waals surface area (Å²) in [6.45, 7) is 5.20. The van der Waals surface area contributed by atoms with E-state index in [1.54, 1.807) is 0 Å².